The lowest BCUT2D eigenvalue weighted by atomic mass is 10.1. The van der Waals surface area contributed by atoms with Crippen molar-refractivity contribution in [2.75, 3.05) is 35.2 Å². The normalized spacial score (nSPS) is 14.2. The minimum absolute atomic E-state index is 0.250. The number of piperidine rings is 1. The van der Waals surface area contributed by atoms with Crippen LogP contribution in [0.3, 0.4) is 0 Å². The van der Waals surface area contributed by atoms with E-state index in [9.17, 15) is 4.79 Å². The van der Waals surface area contributed by atoms with Gasteiger partial charge < -0.3 is 15.5 Å². The minimum Gasteiger partial charge on any atom is -0.372 e. The molecule has 0 spiro atoms. The van der Waals surface area contributed by atoms with E-state index >= 15 is 0 Å². The van der Waals surface area contributed by atoms with Crippen molar-refractivity contribution in [3.05, 3.63) is 42.1 Å². The Morgan fingerprint density at radius 2 is 1.80 bits per heavy atom. The van der Waals surface area contributed by atoms with Gasteiger partial charge in [-0.05, 0) is 62.1 Å². The van der Waals surface area contributed by atoms with Crippen LogP contribution in [0.5, 0.6) is 0 Å². The van der Waals surface area contributed by atoms with Crippen molar-refractivity contribution in [2.45, 2.75) is 32.6 Å². The molecule has 1 amide bonds. The Morgan fingerprint density at radius 3 is 2.44 bits per heavy atom. The lowest BCUT2D eigenvalue weighted by Gasteiger charge is -2.28. The van der Waals surface area contributed by atoms with E-state index in [0.29, 0.717) is 11.5 Å². The number of benzene rings is 1. The molecule has 6 heteroatoms. The quantitative estimate of drug-likeness (QED) is 0.842. The van der Waals surface area contributed by atoms with Crippen LogP contribution >= 0.6 is 0 Å². The van der Waals surface area contributed by atoms with Gasteiger partial charge in [0.2, 0.25) is 0 Å². The zero-order valence-electron chi connectivity index (χ0n) is 14.7. The molecule has 25 heavy (non-hydrogen) atoms. The zero-order chi connectivity index (χ0) is 17.5. The molecule has 0 saturated carbocycles. The van der Waals surface area contributed by atoms with Crippen LogP contribution in [0, 0.1) is 0 Å². The first kappa shape index (κ1) is 17.2. The second kappa shape index (κ2) is 8.46. The van der Waals surface area contributed by atoms with E-state index in [-0.39, 0.29) is 5.91 Å². The molecule has 1 aliphatic heterocycles. The fraction of sp³-hybridized carbons (Fsp3) is 0.421. The second-order valence-electron chi connectivity index (χ2n) is 6.28. The third-order valence-corrected chi connectivity index (χ3v) is 4.30. The van der Waals surface area contributed by atoms with E-state index in [0.717, 1.165) is 31.7 Å². The number of hydrogen-bond donors (Lipinski definition) is 2. The summed E-state index contributed by atoms with van der Waals surface area (Å²) in [6, 6.07) is 11.5. The molecular formula is C19H25N5O. The topological polar surface area (TPSA) is 70.2 Å². The first-order chi connectivity index (χ1) is 12.3. The average Bonchev–Trinajstić information content (AvgIpc) is 2.68. The summed E-state index contributed by atoms with van der Waals surface area (Å²) in [5.74, 6) is 0.435. The van der Waals surface area contributed by atoms with Gasteiger partial charge >= 0.3 is 0 Å². The summed E-state index contributed by atoms with van der Waals surface area (Å²) >= 11 is 0. The summed E-state index contributed by atoms with van der Waals surface area (Å²) in [5, 5.41) is 14.0. The van der Waals surface area contributed by atoms with Crippen LogP contribution in [-0.2, 0) is 0 Å². The Labute approximate surface area is 148 Å². The summed E-state index contributed by atoms with van der Waals surface area (Å²) in [7, 11) is 0. The molecule has 1 aromatic heterocycles. The number of rotatable bonds is 6. The van der Waals surface area contributed by atoms with Gasteiger partial charge in [0, 0.05) is 31.0 Å². The molecule has 0 atom stereocenters. The first-order valence-corrected chi connectivity index (χ1v) is 9.00. The SMILES string of the molecule is CCCNc1ccc(C(=O)Nc2ccc(N3CCCCC3)cc2)nn1. The lowest BCUT2D eigenvalue weighted by Crippen LogP contribution is -2.29. The highest BCUT2D eigenvalue weighted by Crippen LogP contribution is 2.22. The van der Waals surface area contributed by atoms with Gasteiger partial charge in [-0.2, -0.15) is 0 Å². The van der Waals surface area contributed by atoms with Crippen molar-refractivity contribution in [2.24, 2.45) is 0 Å². The summed E-state index contributed by atoms with van der Waals surface area (Å²) in [5.41, 5.74) is 2.28. The maximum atomic E-state index is 12.3. The monoisotopic (exact) mass is 339 g/mol. The molecule has 132 valence electrons. The zero-order valence-corrected chi connectivity index (χ0v) is 14.7. The Balaban J connectivity index is 1.58. The highest BCUT2D eigenvalue weighted by atomic mass is 16.1. The third kappa shape index (κ3) is 4.68. The molecular weight excluding hydrogens is 314 g/mol. The number of carbonyl (C=O) groups is 1. The van der Waals surface area contributed by atoms with Gasteiger partial charge in [-0.3, -0.25) is 4.79 Å². The summed E-state index contributed by atoms with van der Waals surface area (Å²) in [4.78, 5) is 14.7. The van der Waals surface area contributed by atoms with Gasteiger partial charge in [0.25, 0.3) is 5.91 Å². The summed E-state index contributed by atoms with van der Waals surface area (Å²) in [6.45, 7) is 5.14. The summed E-state index contributed by atoms with van der Waals surface area (Å²) in [6.07, 6.45) is 4.83. The van der Waals surface area contributed by atoms with E-state index in [1.807, 2.05) is 12.1 Å². The van der Waals surface area contributed by atoms with Crippen molar-refractivity contribution in [3.8, 4) is 0 Å². The maximum absolute atomic E-state index is 12.3. The van der Waals surface area contributed by atoms with Crippen molar-refractivity contribution >= 4 is 23.1 Å². The lowest BCUT2D eigenvalue weighted by molar-refractivity contribution is 0.102. The Bertz CT molecular complexity index is 678. The summed E-state index contributed by atoms with van der Waals surface area (Å²) < 4.78 is 0. The van der Waals surface area contributed by atoms with Gasteiger partial charge in [0.1, 0.15) is 5.82 Å². The standard InChI is InChI=1S/C19H25N5O/c1-2-12-20-18-11-10-17(22-23-18)19(25)21-15-6-8-16(9-7-15)24-13-4-3-5-14-24/h6-11H,2-5,12-14H2,1H3,(H,20,23)(H,21,25). The second-order valence-corrected chi connectivity index (χ2v) is 6.28. The van der Waals surface area contributed by atoms with Gasteiger partial charge in [0.05, 0.1) is 0 Å². The highest BCUT2D eigenvalue weighted by molar-refractivity contribution is 6.02. The van der Waals surface area contributed by atoms with Crippen LogP contribution in [0.4, 0.5) is 17.2 Å². The van der Waals surface area contributed by atoms with Gasteiger partial charge in [-0.25, -0.2) is 0 Å². The first-order valence-electron chi connectivity index (χ1n) is 9.00. The number of aromatic nitrogens is 2. The third-order valence-electron chi connectivity index (χ3n) is 4.30. The van der Waals surface area contributed by atoms with Gasteiger partial charge in [0.15, 0.2) is 5.69 Å². The molecule has 2 aromatic rings. The fourth-order valence-electron chi connectivity index (χ4n) is 2.90. The predicted molar refractivity (Wildman–Crippen MR) is 101 cm³/mol. The number of hydrogen-bond acceptors (Lipinski definition) is 5. The molecule has 6 nitrogen and oxygen atoms in total. The van der Waals surface area contributed by atoms with E-state index in [1.165, 1.54) is 24.9 Å². The number of carbonyl (C=O) groups excluding carboxylic acids is 1. The smallest absolute Gasteiger partial charge is 0.276 e. The number of nitrogens with one attached hydrogen (secondary N) is 2. The number of amides is 1. The molecule has 0 radical (unpaired) electrons. The van der Waals surface area contributed by atoms with Crippen LogP contribution in [0.25, 0.3) is 0 Å². The van der Waals surface area contributed by atoms with Crippen LogP contribution in [-0.4, -0.2) is 35.7 Å². The van der Waals surface area contributed by atoms with Crippen molar-refractivity contribution in [1.82, 2.24) is 10.2 Å². The van der Waals surface area contributed by atoms with E-state index < -0.39 is 0 Å². The van der Waals surface area contributed by atoms with E-state index in [2.05, 4.69) is 44.8 Å². The van der Waals surface area contributed by atoms with Crippen molar-refractivity contribution in [1.29, 1.82) is 0 Å². The highest BCUT2D eigenvalue weighted by Gasteiger charge is 2.12. The number of anilines is 3. The molecule has 1 aromatic carbocycles. The van der Waals surface area contributed by atoms with Crippen LogP contribution in [0.1, 0.15) is 43.1 Å². The number of nitrogens with zero attached hydrogens (tertiary/aromatic N) is 3. The van der Waals surface area contributed by atoms with Crippen LogP contribution < -0.4 is 15.5 Å². The molecule has 2 N–H and O–H groups in total. The van der Waals surface area contributed by atoms with Crippen molar-refractivity contribution in [3.63, 3.8) is 0 Å². The van der Waals surface area contributed by atoms with Crippen LogP contribution in [0.15, 0.2) is 36.4 Å². The Morgan fingerprint density at radius 1 is 1.04 bits per heavy atom. The predicted octanol–water partition coefficient (Wildman–Crippen LogP) is 3.54. The molecule has 2 heterocycles. The van der Waals surface area contributed by atoms with E-state index in [1.54, 1.807) is 12.1 Å². The largest absolute Gasteiger partial charge is 0.372 e. The molecule has 1 aliphatic rings. The minimum atomic E-state index is -0.250. The molecule has 0 bridgehead atoms. The molecule has 3 rings (SSSR count). The van der Waals surface area contributed by atoms with Gasteiger partial charge in [-0.1, -0.05) is 6.92 Å². The van der Waals surface area contributed by atoms with Crippen LogP contribution in [0.2, 0.25) is 0 Å². The molecule has 0 unspecified atom stereocenters. The average molecular weight is 339 g/mol. The van der Waals surface area contributed by atoms with E-state index in [4.69, 9.17) is 0 Å². The molecule has 1 fully saturated rings. The molecule has 0 aliphatic carbocycles. The Kier molecular flexibility index (Phi) is 5.82. The Hall–Kier alpha value is -2.63. The molecule has 1 saturated heterocycles. The fourth-order valence-corrected chi connectivity index (χ4v) is 2.90. The maximum Gasteiger partial charge on any atom is 0.276 e. The van der Waals surface area contributed by atoms with Gasteiger partial charge in [-0.15, -0.1) is 10.2 Å². The van der Waals surface area contributed by atoms with Crippen molar-refractivity contribution < 1.29 is 4.79 Å².